The second-order valence-corrected chi connectivity index (χ2v) is 6.01. The predicted octanol–water partition coefficient (Wildman–Crippen LogP) is 4.46. The summed E-state index contributed by atoms with van der Waals surface area (Å²) in [5, 5.41) is 0. The number of hydrogen-bond acceptors (Lipinski definition) is 3. The molecule has 0 fully saturated rings. The number of rotatable bonds is 7. The molecule has 120 valence electrons. The lowest BCUT2D eigenvalue weighted by atomic mass is 9.77. The van der Waals surface area contributed by atoms with Crippen molar-refractivity contribution >= 4 is 6.29 Å². The lowest BCUT2D eigenvalue weighted by Crippen LogP contribution is -2.19. The second kappa shape index (κ2) is 7.83. The van der Waals surface area contributed by atoms with E-state index < -0.39 is 0 Å². The van der Waals surface area contributed by atoms with Crippen LogP contribution in [0.3, 0.4) is 0 Å². The zero-order chi connectivity index (χ0) is 16.8. The highest BCUT2D eigenvalue weighted by Crippen LogP contribution is 2.36. The van der Waals surface area contributed by atoms with Gasteiger partial charge in [0.1, 0.15) is 17.8 Å². The minimum absolute atomic E-state index is 0.302. The second-order valence-electron chi connectivity index (χ2n) is 6.01. The van der Waals surface area contributed by atoms with E-state index in [1.807, 2.05) is 31.2 Å². The van der Waals surface area contributed by atoms with Gasteiger partial charge in [0, 0.05) is 11.5 Å². The lowest BCUT2D eigenvalue weighted by Gasteiger charge is -2.27. The highest BCUT2D eigenvalue weighted by molar-refractivity contribution is 5.72. The van der Waals surface area contributed by atoms with Crippen LogP contribution in [0.4, 0.5) is 0 Å². The molecule has 1 unspecified atom stereocenters. The van der Waals surface area contributed by atoms with Crippen molar-refractivity contribution in [3.05, 3.63) is 47.1 Å². The summed E-state index contributed by atoms with van der Waals surface area (Å²) in [4.78, 5) is 11.1. The molecule has 0 bridgehead atoms. The number of allylic oxidation sites excluding steroid dienone is 4. The maximum absolute atomic E-state index is 11.1. The van der Waals surface area contributed by atoms with Crippen LogP contribution in [0.2, 0.25) is 0 Å². The van der Waals surface area contributed by atoms with Crippen molar-refractivity contribution in [1.29, 1.82) is 0 Å². The van der Waals surface area contributed by atoms with Crippen LogP contribution in [-0.2, 0) is 10.2 Å². The molecule has 0 aromatic heterocycles. The fraction of sp³-hybridized carbons (Fsp3) is 0.421. The summed E-state index contributed by atoms with van der Waals surface area (Å²) in [6.07, 6.45) is 5.88. The summed E-state index contributed by atoms with van der Waals surface area (Å²) in [6.45, 7) is 8.09. The maximum atomic E-state index is 11.1. The van der Waals surface area contributed by atoms with Gasteiger partial charge < -0.3 is 9.47 Å². The molecule has 0 saturated carbocycles. The predicted molar refractivity (Wildman–Crippen MR) is 90.8 cm³/mol. The number of ether oxygens (including phenoxy) is 2. The van der Waals surface area contributed by atoms with Crippen molar-refractivity contribution in [2.75, 3.05) is 14.2 Å². The Labute approximate surface area is 133 Å². The Morgan fingerprint density at radius 2 is 1.64 bits per heavy atom. The molecule has 0 heterocycles. The highest BCUT2D eigenvalue weighted by atomic mass is 16.5. The van der Waals surface area contributed by atoms with Crippen molar-refractivity contribution in [3.8, 4) is 11.5 Å². The Kier molecular flexibility index (Phi) is 6.41. The molecule has 1 aromatic carbocycles. The van der Waals surface area contributed by atoms with Crippen LogP contribution in [0.5, 0.6) is 11.5 Å². The highest BCUT2D eigenvalue weighted by Gasteiger charge is 2.25. The van der Waals surface area contributed by atoms with Gasteiger partial charge in [-0.2, -0.15) is 0 Å². The Morgan fingerprint density at radius 3 is 2.05 bits per heavy atom. The molecule has 0 spiro atoms. The molecule has 1 aromatic rings. The molecule has 0 radical (unpaired) electrons. The minimum Gasteiger partial charge on any atom is -0.497 e. The van der Waals surface area contributed by atoms with Crippen LogP contribution in [0.15, 0.2) is 41.5 Å². The van der Waals surface area contributed by atoms with Crippen LogP contribution in [-0.4, -0.2) is 20.5 Å². The summed E-state index contributed by atoms with van der Waals surface area (Å²) >= 11 is 0. The van der Waals surface area contributed by atoms with Crippen LogP contribution >= 0.6 is 0 Å². The van der Waals surface area contributed by atoms with E-state index in [9.17, 15) is 4.79 Å². The van der Waals surface area contributed by atoms with E-state index in [0.717, 1.165) is 29.8 Å². The number of carbonyl (C=O) groups is 1. The molecule has 1 atom stereocenters. The van der Waals surface area contributed by atoms with E-state index in [4.69, 9.17) is 9.47 Å². The van der Waals surface area contributed by atoms with Crippen molar-refractivity contribution in [1.82, 2.24) is 0 Å². The monoisotopic (exact) mass is 302 g/mol. The average Bonchev–Trinajstić information content (AvgIpc) is 2.52. The number of methoxy groups -OCH3 is 2. The lowest BCUT2D eigenvalue weighted by molar-refractivity contribution is -0.104. The van der Waals surface area contributed by atoms with Crippen molar-refractivity contribution in [2.24, 2.45) is 0 Å². The minimum atomic E-state index is -0.302. The summed E-state index contributed by atoms with van der Waals surface area (Å²) in [5.41, 5.74) is 2.72. The molecule has 0 aliphatic rings. The largest absolute Gasteiger partial charge is 0.497 e. The summed E-state index contributed by atoms with van der Waals surface area (Å²) in [6, 6.07) is 5.84. The smallest absolute Gasteiger partial charge is 0.145 e. The molecule has 3 heteroatoms. The van der Waals surface area contributed by atoms with Crippen LogP contribution in [0.25, 0.3) is 0 Å². The normalized spacial score (nSPS) is 14.0. The fourth-order valence-corrected chi connectivity index (χ4v) is 2.35. The van der Waals surface area contributed by atoms with E-state index in [2.05, 4.69) is 26.8 Å². The molecular weight excluding hydrogens is 276 g/mol. The molecular formula is C19H26O3. The van der Waals surface area contributed by atoms with E-state index in [0.29, 0.717) is 5.57 Å². The van der Waals surface area contributed by atoms with Crippen molar-refractivity contribution in [3.63, 3.8) is 0 Å². The Bertz CT molecular complexity index is 558. The average molecular weight is 302 g/mol. The third-order valence-electron chi connectivity index (χ3n) is 3.68. The van der Waals surface area contributed by atoms with Gasteiger partial charge in [0.05, 0.1) is 14.2 Å². The number of aldehydes is 1. The first-order valence-corrected chi connectivity index (χ1v) is 7.36. The molecule has 1 rings (SSSR count). The Morgan fingerprint density at radius 1 is 1.09 bits per heavy atom. The van der Waals surface area contributed by atoms with Gasteiger partial charge in [-0.3, -0.25) is 4.79 Å². The number of carbonyl (C=O) groups excluding carboxylic acids is 1. The van der Waals surface area contributed by atoms with Gasteiger partial charge in [-0.15, -0.1) is 0 Å². The van der Waals surface area contributed by atoms with Gasteiger partial charge in [0.2, 0.25) is 0 Å². The van der Waals surface area contributed by atoms with Gasteiger partial charge in [0.25, 0.3) is 0 Å². The first-order valence-electron chi connectivity index (χ1n) is 7.36. The van der Waals surface area contributed by atoms with Gasteiger partial charge >= 0.3 is 0 Å². The van der Waals surface area contributed by atoms with Gasteiger partial charge in [-0.25, -0.2) is 0 Å². The molecule has 0 amide bonds. The summed E-state index contributed by atoms with van der Waals surface area (Å²) < 4.78 is 10.7. The third-order valence-corrected chi connectivity index (χ3v) is 3.68. The molecule has 0 saturated heterocycles. The first-order chi connectivity index (χ1) is 10.3. The maximum Gasteiger partial charge on any atom is 0.145 e. The SMILES string of the molecule is COc1cc(OC)cc(C(C)(/C=C(\C)C=O)CC=C(C)C)c1. The standard InChI is InChI=1S/C19H26O3/c1-14(2)7-8-19(4,12-15(3)13-20)16-9-17(21-5)11-18(10-16)22-6/h7,9-13H,8H2,1-6H3/b15-12+. The van der Waals surface area contributed by atoms with Crippen LogP contribution in [0.1, 0.15) is 39.7 Å². The quantitative estimate of drug-likeness (QED) is 0.424. The molecule has 22 heavy (non-hydrogen) atoms. The topological polar surface area (TPSA) is 35.5 Å². The first kappa shape index (κ1) is 18.0. The summed E-state index contributed by atoms with van der Waals surface area (Å²) in [7, 11) is 3.27. The van der Waals surface area contributed by atoms with Crippen molar-refractivity contribution in [2.45, 2.75) is 39.5 Å². The zero-order valence-corrected chi connectivity index (χ0v) is 14.4. The van der Waals surface area contributed by atoms with Crippen LogP contribution in [0, 0.1) is 0 Å². The molecule has 3 nitrogen and oxygen atoms in total. The molecule has 0 N–H and O–H groups in total. The molecule has 0 aliphatic carbocycles. The van der Waals surface area contributed by atoms with E-state index >= 15 is 0 Å². The van der Waals surface area contributed by atoms with Gasteiger partial charge in [-0.1, -0.05) is 24.6 Å². The zero-order valence-electron chi connectivity index (χ0n) is 14.4. The van der Waals surface area contributed by atoms with E-state index in [1.54, 1.807) is 14.2 Å². The third kappa shape index (κ3) is 4.76. The van der Waals surface area contributed by atoms with Crippen LogP contribution < -0.4 is 9.47 Å². The van der Waals surface area contributed by atoms with Gasteiger partial charge in [-0.05, 0) is 50.5 Å². The number of benzene rings is 1. The Hall–Kier alpha value is -2.03. The number of hydrogen-bond donors (Lipinski definition) is 0. The summed E-state index contributed by atoms with van der Waals surface area (Å²) in [5.74, 6) is 1.49. The molecule has 0 aliphatic heterocycles. The Balaban J connectivity index is 3.43. The fourth-order valence-electron chi connectivity index (χ4n) is 2.35. The van der Waals surface area contributed by atoms with E-state index in [1.165, 1.54) is 5.57 Å². The van der Waals surface area contributed by atoms with Gasteiger partial charge in [0.15, 0.2) is 0 Å². The van der Waals surface area contributed by atoms with E-state index in [-0.39, 0.29) is 5.41 Å². The van der Waals surface area contributed by atoms with Crippen molar-refractivity contribution < 1.29 is 14.3 Å².